The number of amides is 2. The summed E-state index contributed by atoms with van der Waals surface area (Å²) in [5.41, 5.74) is 0.968. The molecule has 5 heteroatoms. The summed E-state index contributed by atoms with van der Waals surface area (Å²) in [6.07, 6.45) is 0.567. The first-order chi connectivity index (χ1) is 9.61. The standard InChI is InChI=1S/C15H22N2O3/c1-3-8-20-14-7-5-4-6-13(14)11(2)16-15(19)17-9-12(18)10-17/h4-7,11-12,18H,3,8-10H2,1-2H3,(H,16,19). The molecule has 20 heavy (non-hydrogen) atoms. The molecule has 1 atom stereocenters. The minimum Gasteiger partial charge on any atom is -0.493 e. The van der Waals surface area contributed by atoms with Crippen LogP contribution in [0.25, 0.3) is 0 Å². The van der Waals surface area contributed by atoms with Gasteiger partial charge in [0.05, 0.1) is 31.8 Å². The molecule has 1 aromatic carbocycles. The molecule has 1 aromatic rings. The molecular formula is C15H22N2O3. The molecular weight excluding hydrogens is 256 g/mol. The Morgan fingerprint density at radius 3 is 2.85 bits per heavy atom. The van der Waals surface area contributed by atoms with E-state index in [1.807, 2.05) is 31.2 Å². The summed E-state index contributed by atoms with van der Waals surface area (Å²) in [7, 11) is 0. The van der Waals surface area contributed by atoms with Crippen LogP contribution in [0.1, 0.15) is 31.9 Å². The zero-order valence-corrected chi connectivity index (χ0v) is 12.0. The van der Waals surface area contributed by atoms with Gasteiger partial charge in [0.1, 0.15) is 5.75 Å². The molecule has 0 spiro atoms. The predicted molar refractivity (Wildman–Crippen MR) is 76.8 cm³/mol. The van der Waals surface area contributed by atoms with Crippen LogP contribution in [0.15, 0.2) is 24.3 Å². The first-order valence-electron chi connectivity index (χ1n) is 7.07. The average molecular weight is 278 g/mol. The topological polar surface area (TPSA) is 61.8 Å². The summed E-state index contributed by atoms with van der Waals surface area (Å²) >= 11 is 0. The number of ether oxygens (including phenoxy) is 1. The monoisotopic (exact) mass is 278 g/mol. The van der Waals surface area contributed by atoms with Gasteiger partial charge < -0.3 is 20.1 Å². The smallest absolute Gasteiger partial charge is 0.318 e. The molecule has 5 nitrogen and oxygen atoms in total. The number of hydrogen-bond acceptors (Lipinski definition) is 3. The van der Waals surface area contributed by atoms with E-state index < -0.39 is 0 Å². The molecule has 2 amide bonds. The van der Waals surface area contributed by atoms with E-state index in [-0.39, 0.29) is 18.2 Å². The van der Waals surface area contributed by atoms with Crippen LogP contribution in [0.4, 0.5) is 4.79 Å². The van der Waals surface area contributed by atoms with Crippen molar-refractivity contribution in [2.75, 3.05) is 19.7 Å². The number of carbonyl (C=O) groups excluding carboxylic acids is 1. The van der Waals surface area contributed by atoms with E-state index in [1.165, 1.54) is 0 Å². The molecule has 1 unspecified atom stereocenters. The van der Waals surface area contributed by atoms with Crippen molar-refractivity contribution in [2.24, 2.45) is 0 Å². The Kier molecular flexibility index (Phi) is 4.84. The maximum atomic E-state index is 11.9. The molecule has 1 aliphatic heterocycles. The van der Waals surface area contributed by atoms with Gasteiger partial charge in [-0.25, -0.2) is 4.79 Å². The van der Waals surface area contributed by atoms with Gasteiger partial charge in [0, 0.05) is 5.56 Å². The van der Waals surface area contributed by atoms with Crippen molar-refractivity contribution in [3.63, 3.8) is 0 Å². The third-order valence-corrected chi connectivity index (χ3v) is 3.34. The molecule has 0 aromatic heterocycles. The van der Waals surface area contributed by atoms with Gasteiger partial charge in [-0.2, -0.15) is 0 Å². The number of nitrogens with zero attached hydrogens (tertiary/aromatic N) is 1. The summed E-state index contributed by atoms with van der Waals surface area (Å²) in [5, 5.41) is 12.1. The van der Waals surface area contributed by atoms with E-state index in [1.54, 1.807) is 4.90 Å². The molecule has 0 bridgehead atoms. The predicted octanol–water partition coefficient (Wildman–Crippen LogP) is 1.92. The van der Waals surface area contributed by atoms with Crippen LogP contribution in [0, 0.1) is 0 Å². The van der Waals surface area contributed by atoms with E-state index >= 15 is 0 Å². The number of hydrogen-bond donors (Lipinski definition) is 2. The number of aliphatic hydroxyl groups is 1. The Labute approximate surface area is 119 Å². The van der Waals surface area contributed by atoms with Crippen molar-refractivity contribution in [3.8, 4) is 5.75 Å². The van der Waals surface area contributed by atoms with E-state index in [0.717, 1.165) is 17.7 Å². The lowest BCUT2D eigenvalue weighted by Gasteiger charge is -2.36. The van der Waals surface area contributed by atoms with Crippen molar-refractivity contribution >= 4 is 6.03 Å². The van der Waals surface area contributed by atoms with Crippen LogP contribution in [0.2, 0.25) is 0 Å². The number of carbonyl (C=O) groups is 1. The molecule has 0 aliphatic carbocycles. The van der Waals surface area contributed by atoms with Gasteiger partial charge in [0.2, 0.25) is 0 Å². The third-order valence-electron chi connectivity index (χ3n) is 3.34. The van der Waals surface area contributed by atoms with Gasteiger partial charge in [-0.05, 0) is 19.4 Å². The van der Waals surface area contributed by atoms with Crippen LogP contribution in [0.3, 0.4) is 0 Å². The Morgan fingerprint density at radius 2 is 2.20 bits per heavy atom. The summed E-state index contributed by atoms with van der Waals surface area (Å²) in [6.45, 7) is 5.47. The number of urea groups is 1. The summed E-state index contributed by atoms with van der Waals surface area (Å²) < 4.78 is 5.70. The minimum absolute atomic E-state index is 0.131. The quantitative estimate of drug-likeness (QED) is 0.865. The molecule has 1 fully saturated rings. The van der Waals surface area contributed by atoms with Gasteiger partial charge in [-0.1, -0.05) is 25.1 Å². The zero-order valence-electron chi connectivity index (χ0n) is 12.0. The lowest BCUT2D eigenvalue weighted by Crippen LogP contribution is -2.56. The Hall–Kier alpha value is -1.75. The van der Waals surface area contributed by atoms with E-state index in [0.29, 0.717) is 19.7 Å². The molecule has 1 aliphatic rings. The highest BCUT2D eigenvalue weighted by molar-refractivity contribution is 5.75. The number of benzene rings is 1. The van der Waals surface area contributed by atoms with Crippen LogP contribution in [-0.4, -0.2) is 41.8 Å². The highest BCUT2D eigenvalue weighted by Gasteiger charge is 2.29. The zero-order chi connectivity index (χ0) is 14.5. The highest BCUT2D eigenvalue weighted by atomic mass is 16.5. The van der Waals surface area contributed by atoms with Gasteiger partial charge >= 0.3 is 6.03 Å². The fourth-order valence-electron chi connectivity index (χ4n) is 2.16. The lowest BCUT2D eigenvalue weighted by molar-refractivity contribution is 0.0259. The first kappa shape index (κ1) is 14.7. The van der Waals surface area contributed by atoms with Crippen molar-refractivity contribution in [3.05, 3.63) is 29.8 Å². The molecule has 110 valence electrons. The van der Waals surface area contributed by atoms with Gasteiger partial charge in [-0.3, -0.25) is 0 Å². The second-order valence-corrected chi connectivity index (χ2v) is 5.12. The Balaban J connectivity index is 1.97. The fourth-order valence-corrected chi connectivity index (χ4v) is 2.16. The molecule has 1 saturated heterocycles. The number of para-hydroxylation sites is 1. The van der Waals surface area contributed by atoms with E-state index in [4.69, 9.17) is 4.74 Å². The fraction of sp³-hybridized carbons (Fsp3) is 0.533. The Morgan fingerprint density at radius 1 is 1.50 bits per heavy atom. The number of nitrogens with one attached hydrogen (secondary N) is 1. The van der Waals surface area contributed by atoms with Gasteiger partial charge in [0.15, 0.2) is 0 Å². The average Bonchev–Trinajstić information content (AvgIpc) is 2.41. The molecule has 2 N–H and O–H groups in total. The number of aliphatic hydroxyl groups excluding tert-OH is 1. The molecule has 2 rings (SSSR count). The second kappa shape index (κ2) is 6.61. The summed E-state index contributed by atoms with van der Waals surface area (Å²) in [6, 6.07) is 7.46. The first-order valence-corrected chi connectivity index (χ1v) is 7.07. The van der Waals surface area contributed by atoms with Gasteiger partial charge in [0.25, 0.3) is 0 Å². The summed E-state index contributed by atoms with van der Waals surface area (Å²) in [5.74, 6) is 0.811. The van der Waals surface area contributed by atoms with Crippen LogP contribution in [-0.2, 0) is 0 Å². The molecule has 0 radical (unpaired) electrons. The van der Waals surface area contributed by atoms with Crippen molar-refractivity contribution < 1.29 is 14.6 Å². The normalized spacial score (nSPS) is 16.4. The number of rotatable bonds is 5. The molecule has 1 heterocycles. The van der Waals surface area contributed by atoms with E-state index in [2.05, 4.69) is 12.2 Å². The van der Waals surface area contributed by atoms with Crippen molar-refractivity contribution in [1.29, 1.82) is 0 Å². The Bertz CT molecular complexity index is 458. The second-order valence-electron chi connectivity index (χ2n) is 5.12. The van der Waals surface area contributed by atoms with Crippen molar-refractivity contribution in [1.82, 2.24) is 10.2 Å². The largest absolute Gasteiger partial charge is 0.493 e. The molecule has 0 saturated carbocycles. The van der Waals surface area contributed by atoms with Crippen LogP contribution >= 0.6 is 0 Å². The lowest BCUT2D eigenvalue weighted by atomic mass is 10.1. The van der Waals surface area contributed by atoms with Crippen LogP contribution < -0.4 is 10.1 Å². The van der Waals surface area contributed by atoms with E-state index in [9.17, 15) is 9.90 Å². The van der Waals surface area contributed by atoms with Gasteiger partial charge in [-0.15, -0.1) is 0 Å². The minimum atomic E-state index is -0.378. The SMILES string of the molecule is CCCOc1ccccc1C(C)NC(=O)N1CC(O)C1. The number of likely N-dealkylation sites (tertiary alicyclic amines) is 1. The number of β-amino-alcohol motifs (C(OH)–C–C–N with tert-alkyl or cyclic N) is 1. The maximum Gasteiger partial charge on any atom is 0.318 e. The van der Waals surface area contributed by atoms with Crippen molar-refractivity contribution in [2.45, 2.75) is 32.4 Å². The maximum absolute atomic E-state index is 11.9. The summed E-state index contributed by atoms with van der Waals surface area (Å²) in [4.78, 5) is 13.5. The third kappa shape index (κ3) is 3.42. The highest BCUT2D eigenvalue weighted by Crippen LogP contribution is 2.25. The van der Waals surface area contributed by atoms with Crippen LogP contribution in [0.5, 0.6) is 5.75 Å².